The van der Waals surface area contributed by atoms with Crippen LogP contribution in [0.4, 0.5) is 13.6 Å². The molecule has 0 aliphatic heterocycles. The van der Waals surface area contributed by atoms with Crippen molar-refractivity contribution in [1.82, 2.24) is 5.32 Å². The van der Waals surface area contributed by atoms with Crippen molar-refractivity contribution in [2.75, 3.05) is 34.5 Å². The number of amides is 1. The molecule has 0 heterocycles. The van der Waals surface area contributed by atoms with Gasteiger partial charge in [-0.25, -0.2) is 13.6 Å². The molecule has 0 radical (unpaired) electrons. The molecule has 0 saturated heterocycles. The van der Waals surface area contributed by atoms with Crippen molar-refractivity contribution in [3.63, 3.8) is 0 Å². The second-order valence-corrected chi connectivity index (χ2v) is 6.41. The molecule has 0 unspecified atom stereocenters. The highest BCUT2D eigenvalue weighted by molar-refractivity contribution is 6.60. The van der Waals surface area contributed by atoms with Crippen LogP contribution in [0.25, 0.3) is 0 Å². The number of ether oxygens (including phenoxy) is 1. The molecular formula is C9H19F2NO5Si. The minimum atomic E-state index is -2.66. The first-order chi connectivity index (χ1) is 8.49. The van der Waals surface area contributed by atoms with Gasteiger partial charge < -0.3 is 23.3 Å². The molecule has 0 rings (SSSR count). The van der Waals surface area contributed by atoms with Crippen molar-refractivity contribution in [3.8, 4) is 0 Å². The van der Waals surface area contributed by atoms with Gasteiger partial charge in [0.2, 0.25) is 0 Å². The fourth-order valence-corrected chi connectivity index (χ4v) is 2.96. The molecule has 0 atom stereocenters. The van der Waals surface area contributed by atoms with E-state index in [0.717, 1.165) is 0 Å². The van der Waals surface area contributed by atoms with Gasteiger partial charge in [-0.3, -0.25) is 0 Å². The molecule has 6 nitrogen and oxygen atoms in total. The molecule has 1 N–H and O–H groups in total. The zero-order valence-electron chi connectivity index (χ0n) is 10.7. The Bertz CT molecular complexity index is 233. The van der Waals surface area contributed by atoms with Crippen LogP contribution in [-0.2, 0) is 18.0 Å². The Morgan fingerprint density at radius 3 is 2.22 bits per heavy atom. The summed E-state index contributed by atoms with van der Waals surface area (Å²) >= 11 is 0. The Kier molecular flexibility index (Phi) is 8.80. The van der Waals surface area contributed by atoms with Crippen LogP contribution < -0.4 is 5.32 Å². The number of nitrogens with one attached hydrogen (secondary N) is 1. The van der Waals surface area contributed by atoms with Crippen LogP contribution in [0.3, 0.4) is 0 Å². The molecule has 1 amide bonds. The number of alkyl carbamates (subject to hydrolysis) is 1. The van der Waals surface area contributed by atoms with Gasteiger partial charge in [0, 0.05) is 33.9 Å². The lowest BCUT2D eigenvalue weighted by Gasteiger charge is -2.24. The number of hydrogen-bond donors (Lipinski definition) is 1. The molecule has 0 aliphatic rings. The number of carbonyl (C=O) groups excluding carboxylic acids is 1. The first kappa shape index (κ1) is 17.2. The van der Waals surface area contributed by atoms with Crippen molar-refractivity contribution in [2.24, 2.45) is 0 Å². The van der Waals surface area contributed by atoms with E-state index in [9.17, 15) is 13.6 Å². The first-order valence-electron chi connectivity index (χ1n) is 5.34. The van der Waals surface area contributed by atoms with Gasteiger partial charge in [-0.15, -0.1) is 0 Å². The number of hydrogen-bond acceptors (Lipinski definition) is 5. The first-order valence-corrected chi connectivity index (χ1v) is 7.27. The second kappa shape index (κ2) is 9.20. The van der Waals surface area contributed by atoms with Crippen LogP contribution in [-0.4, -0.2) is 55.8 Å². The zero-order chi connectivity index (χ0) is 14.0. The summed E-state index contributed by atoms with van der Waals surface area (Å²) in [5.74, 6) is 0. The van der Waals surface area contributed by atoms with E-state index in [1.807, 2.05) is 0 Å². The van der Waals surface area contributed by atoms with Crippen LogP contribution in [0.5, 0.6) is 0 Å². The predicted octanol–water partition coefficient (Wildman–Crippen LogP) is 1.25. The lowest BCUT2D eigenvalue weighted by Crippen LogP contribution is -2.43. The molecule has 0 aromatic carbocycles. The van der Waals surface area contributed by atoms with Gasteiger partial charge in [0.1, 0.15) is 0 Å². The lowest BCUT2D eigenvalue weighted by molar-refractivity contribution is 0.0489. The fraction of sp³-hybridized carbons (Fsp3) is 0.889. The predicted molar refractivity (Wildman–Crippen MR) is 61.6 cm³/mol. The summed E-state index contributed by atoms with van der Waals surface area (Å²) in [5.41, 5.74) is 0. The van der Waals surface area contributed by atoms with Gasteiger partial charge in [-0.05, 0) is 6.42 Å². The quantitative estimate of drug-likeness (QED) is 0.510. The summed E-state index contributed by atoms with van der Waals surface area (Å²) in [4.78, 5) is 10.9. The van der Waals surface area contributed by atoms with Crippen molar-refractivity contribution in [1.29, 1.82) is 0 Å². The van der Waals surface area contributed by atoms with E-state index >= 15 is 0 Å². The molecule has 0 aromatic rings. The second-order valence-electron chi connectivity index (χ2n) is 3.32. The van der Waals surface area contributed by atoms with Gasteiger partial charge in [0.15, 0.2) is 6.61 Å². The van der Waals surface area contributed by atoms with E-state index in [0.29, 0.717) is 12.5 Å². The average molecular weight is 287 g/mol. The Hall–Kier alpha value is -0.773. The molecule has 18 heavy (non-hydrogen) atoms. The van der Waals surface area contributed by atoms with E-state index in [4.69, 9.17) is 13.3 Å². The SMILES string of the molecule is CO[Si](CCCNC(=O)OCC(F)F)(OC)OC. The van der Waals surface area contributed by atoms with Gasteiger partial charge in [0.05, 0.1) is 0 Å². The lowest BCUT2D eigenvalue weighted by atomic mass is 10.5. The standard InChI is InChI=1S/C9H19F2NO5Si/c1-14-18(15-2,16-3)6-4-5-12-9(13)17-7-8(10)11/h8H,4-7H2,1-3H3,(H,12,13). The van der Waals surface area contributed by atoms with Crippen molar-refractivity contribution >= 4 is 14.9 Å². The van der Waals surface area contributed by atoms with Crippen molar-refractivity contribution in [3.05, 3.63) is 0 Å². The average Bonchev–Trinajstić information content (AvgIpc) is 2.37. The number of halogens is 2. The van der Waals surface area contributed by atoms with Crippen molar-refractivity contribution < 1.29 is 31.6 Å². The highest BCUT2D eigenvalue weighted by Gasteiger charge is 2.36. The third kappa shape index (κ3) is 6.84. The normalized spacial score (nSPS) is 11.7. The van der Waals surface area contributed by atoms with Gasteiger partial charge in [-0.2, -0.15) is 0 Å². The third-order valence-corrected chi connectivity index (χ3v) is 5.03. The van der Waals surface area contributed by atoms with Gasteiger partial charge >= 0.3 is 14.9 Å². The molecule has 0 aliphatic carbocycles. The van der Waals surface area contributed by atoms with E-state index in [1.165, 1.54) is 21.3 Å². The maximum atomic E-state index is 11.7. The van der Waals surface area contributed by atoms with Crippen LogP contribution in [0.1, 0.15) is 6.42 Å². The summed E-state index contributed by atoms with van der Waals surface area (Å²) in [6.07, 6.45) is -2.99. The number of alkyl halides is 2. The van der Waals surface area contributed by atoms with Crippen LogP contribution >= 0.6 is 0 Å². The maximum absolute atomic E-state index is 11.7. The van der Waals surface area contributed by atoms with E-state index in [-0.39, 0.29) is 6.54 Å². The maximum Gasteiger partial charge on any atom is 0.500 e. The molecule has 0 bridgehead atoms. The summed E-state index contributed by atoms with van der Waals surface area (Å²) in [7, 11) is 1.83. The smallest absolute Gasteiger partial charge is 0.443 e. The topological polar surface area (TPSA) is 66.0 Å². The monoisotopic (exact) mass is 287 g/mol. The molecule has 9 heteroatoms. The molecule has 0 spiro atoms. The molecule has 0 fully saturated rings. The van der Waals surface area contributed by atoms with Gasteiger partial charge in [0.25, 0.3) is 6.43 Å². The summed E-state index contributed by atoms with van der Waals surface area (Å²) in [5, 5.41) is 2.34. The zero-order valence-corrected chi connectivity index (χ0v) is 11.7. The van der Waals surface area contributed by atoms with Crippen LogP contribution in [0.2, 0.25) is 6.04 Å². The Labute approximate surface area is 106 Å². The fourth-order valence-electron chi connectivity index (χ4n) is 1.24. The third-order valence-electron chi connectivity index (χ3n) is 2.20. The number of carbonyl (C=O) groups is 1. The van der Waals surface area contributed by atoms with E-state index in [1.54, 1.807) is 0 Å². The molecule has 0 aromatic heterocycles. The molecular weight excluding hydrogens is 268 g/mol. The summed E-state index contributed by atoms with van der Waals surface area (Å²) in [6, 6.07) is 0.506. The Morgan fingerprint density at radius 1 is 1.22 bits per heavy atom. The largest absolute Gasteiger partial charge is 0.500 e. The van der Waals surface area contributed by atoms with E-state index < -0.39 is 27.9 Å². The Morgan fingerprint density at radius 2 is 1.78 bits per heavy atom. The van der Waals surface area contributed by atoms with E-state index in [2.05, 4.69) is 10.1 Å². The Balaban J connectivity index is 3.75. The molecule has 0 saturated carbocycles. The summed E-state index contributed by atoms with van der Waals surface area (Å²) in [6.45, 7) is -0.633. The highest BCUT2D eigenvalue weighted by Crippen LogP contribution is 2.14. The minimum absolute atomic E-state index is 0.271. The number of rotatable bonds is 9. The van der Waals surface area contributed by atoms with Gasteiger partial charge in [-0.1, -0.05) is 0 Å². The summed E-state index contributed by atoms with van der Waals surface area (Å²) < 4.78 is 43.2. The molecule has 108 valence electrons. The van der Waals surface area contributed by atoms with Crippen molar-refractivity contribution in [2.45, 2.75) is 18.9 Å². The van der Waals surface area contributed by atoms with Crippen LogP contribution in [0, 0.1) is 0 Å². The van der Waals surface area contributed by atoms with Crippen LogP contribution in [0.15, 0.2) is 0 Å². The minimum Gasteiger partial charge on any atom is -0.443 e. The highest BCUT2D eigenvalue weighted by atomic mass is 28.4.